The van der Waals surface area contributed by atoms with Gasteiger partial charge in [0.05, 0.1) is 16.3 Å². The van der Waals surface area contributed by atoms with Gasteiger partial charge in [-0.3, -0.25) is 4.31 Å². The Balaban J connectivity index is 1.76. The monoisotopic (exact) mass is 389 g/mol. The first-order valence-corrected chi connectivity index (χ1v) is 10.9. The van der Waals surface area contributed by atoms with E-state index in [1.807, 2.05) is 16.8 Å². The quantitative estimate of drug-likeness (QED) is 0.669. The van der Waals surface area contributed by atoms with E-state index < -0.39 is 10.0 Å². The normalized spacial score (nSPS) is 15.8. The lowest BCUT2D eigenvalue weighted by Gasteiger charge is -2.34. The van der Waals surface area contributed by atoms with Crippen LogP contribution in [-0.2, 0) is 10.0 Å². The van der Waals surface area contributed by atoms with Gasteiger partial charge >= 0.3 is 0 Å². The molecule has 1 aliphatic rings. The van der Waals surface area contributed by atoms with Crippen molar-refractivity contribution in [3.63, 3.8) is 0 Å². The first-order chi connectivity index (χ1) is 12.7. The third-order valence-electron chi connectivity index (χ3n) is 4.65. The van der Waals surface area contributed by atoms with E-state index in [-0.39, 0.29) is 10.9 Å². The third-order valence-corrected chi connectivity index (χ3v) is 7.20. The molecule has 0 bridgehead atoms. The van der Waals surface area contributed by atoms with Crippen LogP contribution in [0.5, 0.6) is 0 Å². The molecule has 1 saturated carbocycles. The van der Waals surface area contributed by atoms with Crippen molar-refractivity contribution in [3.8, 4) is 5.69 Å². The Bertz CT molecular complexity index is 949. The maximum atomic E-state index is 13.5. The molecule has 0 amide bonds. The Morgan fingerprint density at radius 3 is 2.69 bits per heavy atom. The van der Waals surface area contributed by atoms with Gasteiger partial charge in [0, 0.05) is 11.4 Å². The Kier molecular flexibility index (Phi) is 4.73. The number of sulfonamides is 1. The van der Waals surface area contributed by atoms with E-state index in [2.05, 4.69) is 15.5 Å². The highest BCUT2D eigenvalue weighted by atomic mass is 32.2. The number of thiophene rings is 1. The lowest BCUT2D eigenvalue weighted by Crippen LogP contribution is -2.41. The number of nitrogens with zero attached hydrogens (tertiary/aromatic N) is 5. The number of aromatic nitrogens is 4. The smallest absolute Gasteiger partial charge is 0.262 e. The van der Waals surface area contributed by atoms with Gasteiger partial charge in [-0.15, -0.1) is 5.10 Å². The SMILES string of the molecule is O=S(=O)(c1cccc(-n2cnnn2)c1)N(c1ccsc1)C1CCCCC1. The van der Waals surface area contributed by atoms with E-state index in [0.29, 0.717) is 5.69 Å². The molecule has 0 radical (unpaired) electrons. The van der Waals surface area contributed by atoms with Crippen molar-refractivity contribution in [2.75, 3.05) is 4.31 Å². The van der Waals surface area contributed by atoms with Crippen LogP contribution in [0.4, 0.5) is 5.69 Å². The zero-order valence-corrected chi connectivity index (χ0v) is 15.7. The molecular weight excluding hydrogens is 370 g/mol. The molecule has 1 fully saturated rings. The Morgan fingerprint density at radius 2 is 2.00 bits per heavy atom. The molecule has 9 heteroatoms. The van der Waals surface area contributed by atoms with Crippen LogP contribution < -0.4 is 4.31 Å². The van der Waals surface area contributed by atoms with Crippen LogP contribution in [0.1, 0.15) is 32.1 Å². The van der Waals surface area contributed by atoms with Crippen molar-refractivity contribution in [2.45, 2.75) is 43.0 Å². The van der Waals surface area contributed by atoms with E-state index in [0.717, 1.165) is 31.4 Å². The van der Waals surface area contributed by atoms with Crippen molar-refractivity contribution in [2.24, 2.45) is 0 Å². The molecular formula is C17H19N5O2S2. The minimum atomic E-state index is -3.68. The minimum absolute atomic E-state index is 0.0000396. The fourth-order valence-corrected chi connectivity index (χ4v) is 5.86. The summed E-state index contributed by atoms with van der Waals surface area (Å²) in [6, 6.07) is 8.63. The van der Waals surface area contributed by atoms with Gasteiger partial charge in [-0.05, 0) is 52.9 Å². The second-order valence-corrected chi connectivity index (χ2v) is 8.92. The number of hydrogen-bond donors (Lipinski definition) is 0. The average Bonchev–Trinajstić information content (AvgIpc) is 3.37. The van der Waals surface area contributed by atoms with Gasteiger partial charge in [0.2, 0.25) is 0 Å². The molecule has 0 atom stereocenters. The van der Waals surface area contributed by atoms with Crippen molar-refractivity contribution in [1.82, 2.24) is 20.2 Å². The highest BCUT2D eigenvalue weighted by Crippen LogP contribution is 2.34. The van der Waals surface area contributed by atoms with Gasteiger partial charge in [-0.25, -0.2) is 13.1 Å². The van der Waals surface area contributed by atoms with Gasteiger partial charge in [0.15, 0.2) is 0 Å². The van der Waals surface area contributed by atoms with Gasteiger partial charge < -0.3 is 0 Å². The summed E-state index contributed by atoms with van der Waals surface area (Å²) in [4.78, 5) is 0.252. The van der Waals surface area contributed by atoms with Gasteiger partial charge in [-0.2, -0.15) is 11.3 Å². The highest BCUT2D eigenvalue weighted by Gasteiger charge is 2.33. The molecule has 1 aliphatic carbocycles. The lowest BCUT2D eigenvalue weighted by molar-refractivity contribution is 0.438. The van der Waals surface area contributed by atoms with Gasteiger partial charge in [-0.1, -0.05) is 25.3 Å². The summed E-state index contributed by atoms with van der Waals surface area (Å²) >= 11 is 1.51. The topological polar surface area (TPSA) is 81.0 Å². The van der Waals surface area contributed by atoms with Crippen molar-refractivity contribution >= 4 is 27.0 Å². The maximum Gasteiger partial charge on any atom is 0.264 e. The number of anilines is 1. The summed E-state index contributed by atoms with van der Waals surface area (Å²) in [5.74, 6) is 0. The first-order valence-electron chi connectivity index (χ1n) is 8.56. The lowest BCUT2D eigenvalue weighted by atomic mass is 9.95. The number of hydrogen-bond acceptors (Lipinski definition) is 6. The van der Waals surface area contributed by atoms with Crippen LogP contribution in [0.2, 0.25) is 0 Å². The largest absolute Gasteiger partial charge is 0.264 e. The fourth-order valence-electron chi connectivity index (χ4n) is 3.42. The van der Waals surface area contributed by atoms with Crippen molar-refractivity contribution in [1.29, 1.82) is 0 Å². The molecule has 2 heterocycles. The summed E-state index contributed by atoms with van der Waals surface area (Å²) < 4.78 is 30.1. The van der Waals surface area contributed by atoms with E-state index in [4.69, 9.17) is 0 Å². The Morgan fingerprint density at radius 1 is 1.15 bits per heavy atom. The molecule has 1 aromatic carbocycles. The summed E-state index contributed by atoms with van der Waals surface area (Å²) in [5, 5.41) is 14.9. The number of rotatable bonds is 5. The second-order valence-electron chi connectivity index (χ2n) is 6.33. The highest BCUT2D eigenvalue weighted by molar-refractivity contribution is 7.92. The summed E-state index contributed by atoms with van der Waals surface area (Å²) in [7, 11) is -3.68. The summed E-state index contributed by atoms with van der Waals surface area (Å²) in [6.07, 6.45) is 6.52. The Hall–Kier alpha value is -2.26. The first kappa shape index (κ1) is 17.2. The molecule has 0 N–H and O–H groups in total. The zero-order valence-electron chi connectivity index (χ0n) is 14.1. The van der Waals surface area contributed by atoms with Gasteiger partial charge in [0.25, 0.3) is 10.0 Å². The number of benzene rings is 1. The molecule has 7 nitrogen and oxygen atoms in total. The zero-order chi connectivity index (χ0) is 18.0. The van der Waals surface area contributed by atoms with Crippen molar-refractivity contribution < 1.29 is 8.42 Å². The predicted molar refractivity (Wildman–Crippen MR) is 100 cm³/mol. The third kappa shape index (κ3) is 3.24. The predicted octanol–water partition coefficient (Wildman–Crippen LogP) is 3.25. The molecule has 0 spiro atoms. The fraction of sp³-hybridized carbons (Fsp3) is 0.353. The second kappa shape index (κ2) is 7.16. The molecule has 3 aromatic rings. The molecule has 0 saturated heterocycles. The molecule has 0 aliphatic heterocycles. The molecule has 0 unspecified atom stereocenters. The van der Waals surface area contributed by atoms with Crippen LogP contribution >= 0.6 is 11.3 Å². The maximum absolute atomic E-state index is 13.5. The average molecular weight is 390 g/mol. The molecule has 136 valence electrons. The van der Waals surface area contributed by atoms with E-state index >= 15 is 0 Å². The van der Waals surface area contributed by atoms with Crippen LogP contribution in [0.25, 0.3) is 5.69 Å². The standard InChI is InChI=1S/C17H19N5O2S2/c23-26(24,17-8-4-7-15(11-17)21-13-18-19-20-21)22(16-9-10-25-12-16)14-5-2-1-3-6-14/h4,7-14H,1-3,5-6H2. The summed E-state index contributed by atoms with van der Waals surface area (Å²) in [6.45, 7) is 0. The summed E-state index contributed by atoms with van der Waals surface area (Å²) in [5.41, 5.74) is 1.36. The molecule has 4 rings (SSSR count). The van der Waals surface area contributed by atoms with E-state index in [1.165, 1.54) is 28.8 Å². The number of tetrazole rings is 1. The molecule has 26 heavy (non-hydrogen) atoms. The van der Waals surface area contributed by atoms with Crippen molar-refractivity contribution in [3.05, 3.63) is 47.4 Å². The Labute approximate surface area is 156 Å². The molecule has 2 aromatic heterocycles. The minimum Gasteiger partial charge on any atom is -0.262 e. The van der Waals surface area contributed by atoms with E-state index in [1.54, 1.807) is 28.6 Å². The van der Waals surface area contributed by atoms with Gasteiger partial charge in [0.1, 0.15) is 6.33 Å². The van der Waals surface area contributed by atoms with Crippen LogP contribution in [-0.4, -0.2) is 34.7 Å². The van der Waals surface area contributed by atoms with Crippen LogP contribution in [0.3, 0.4) is 0 Å². The van der Waals surface area contributed by atoms with Crippen LogP contribution in [0, 0.1) is 0 Å². The van der Waals surface area contributed by atoms with E-state index in [9.17, 15) is 8.42 Å². The van der Waals surface area contributed by atoms with Crippen LogP contribution in [0.15, 0.2) is 52.3 Å².